The van der Waals surface area contributed by atoms with E-state index in [0.717, 1.165) is 16.9 Å². The fourth-order valence-electron chi connectivity index (χ4n) is 2.35. The quantitative estimate of drug-likeness (QED) is 0.543. The fraction of sp³-hybridized carbons (Fsp3) is 0.211. The van der Waals surface area contributed by atoms with Crippen molar-refractivity contribution in [2.24, 2.45) is 0 Å². The number of thiazole rings is 1. The van der Waals surface area contributed by atoms with E-state index in [4.69, 9.17) is 9.47 Å². The Morgan fingerprint density at radius 2 is 1.97 bits per heavy atom. The first kappa shape index (κ1) is 20.2. The van der Waals surface area contributed by atoms with Crippen molar-refractivity contribution in [3.05, 3.63) is 53.2 Å². The second kappa shape index (κ2) is 9.60. The molecule has 0 aliphatic rings. The number of hydrogen-bond acceptors (Lipinski definition) is 8. The normalized spacial score (nSPS) is 10.4. The van der Waals surface area contributed by atoms with Crippen LogP contribution in [-0.2, 0) is 25.5 Å². The van der Waals surface area contributed by atoms with Gasteiger partial charge in [-0.15, -0.1) is 11.3 Å². The number of nitrogens with one attached hydrogen (secondary N) is 2. The number of hydrogen-bond donors (Lipinski definition) is 2. The van der Waals surface area contributed by atoms with Gasteiger partial charge >= 0.3 is 11.9 Å². The summed E-state index contributed by atoms with van der Waals surface area (Å²) in [5.41, 5.74) is 2.08. The number of esters is 2. The van der Waals surface area contributed by atoms with Crippen molar-refractivity contribution in [3.8, 4) is 11.3 Å². The molecule has 0 saturated heterocycles. The molecule has 0 saturated carbocycles. The number of anilines is 1. The molecule has 0 fully saturated rings. The summed E-state index contributed by atoms with van der Waals surface area (Å²) in [5, 5.41) is 11.1. The lowest BCUT2D eigenvalue weighted by Crippen LogP contribution is -2.21. The molecule has 0 atom stereocenters. The lowest BCUT2D eigenvalue weighted by Gasteiger charge is -2.03. The number of ether oxygens (including phenoxy) is 2. The van der Waals surface area contributed by atoms with Gasteiger partial charge in [0.15, 0.2) is 11.7 Å². The number of aromatic amines is 1. The fourth-order valence-corrected chi connectivity index (χ4v) is 3.08. The Hall–Kier alpha value is -3.53. The zero-order valence-electron chi connectivity index (χ0n) is 15.5. The van der Waals surface area contributed by atoms with E-state index >= 15 is 0 Å². The Bertz CT molecular complexity index is 999. The first-order valence-corrected chi connectivity index (χ1v) is 9.61. The first-order chi connectivity index (χ1) is 14.0. The van der Waals surface area contributed by atoms with Crippen molar-refractivity contribution >= 4 is 34.3 Å². The van der Waals surface area contributed by atoms with Crippen LogP contribution in [0.15, 0.2) is 41.8 Å². The summed E-state index contributed by atoms with van der Waals surface area (Å²) in [5.74, 6) is -1.63. The average Bonchev–Trinajstić information content (AvgIpc) is 3.37. The molecule has 0 aliphatic carbocycles. The van der Waals surface area contributed by atoms with E-state index in [2.05, 4.69) is 20.5 Å². The smallest absolute Gasteiger partial charge is 0.356 e. The molecule has 1 amide bonds. The largest absolute Gasteiger partial charge is 0.466 e. The molecule has 2 N–H and O–H groups in total. The molecule has 2 heterocycles. The lowest BCUT2D eigenvalue weighted by molar-refractivity contribution is -0.142. The van der Waals surface area contributed by atoms with Crippen LogP contribution in [0.4, 0.5) is 5.13 Å². The molecule has 9 nitrogen and oxygen atoms in total. The number of amides is 1. The summed E-state index contributed by atoms with van der Waals surface area (Å²) in [6, 6.07) is 10.9. The van der Waals surface area contributed by atoms with Crippen LogP contribution >= 0.6 is 11.3 Å². The van der Waals surface area contributed by atoms with Crippen molar-refractivity contribution < 1.29 is 23.9 Å². The summed E-state index contributed by atoms with van der Waals surface area (Å²) in [6.45, 7) is 1.53. The molecular weight excluding hydrogens is 396 g/mol. The molecule has 3 rings (SSSR count). The zero-order valence-corrected chi connectivity index (χ0v) is 16.3. The zero-order chi connectivity index (χ0) is 20.6. The van der Waals surface area contributed by atoms with Gasteiger partial charge in [-0.2, -0.15) is 5.10 Å². The van der Waals surface area contributed by atoms with Gasteiger partial charge in [0.2, 0.25) is 0 Å². The number of nitrogens with zero attached hydrogens (tertiary/aromatic N) is 2. The van der Waals surface area contributed by atoms with E-state index in [0.29, 0.717) is 23.1 Å². The number of rotatable bonds is 8. The van der Waals surface area contributed by atoms with Crippen LogP contribution < -0.4 is 5.32 Å². The molecular formula is C19H18N4O5S. The number of aromatic nitrogens is 3. The highest BCUT2D eigenvalue weighted by Gasteiger charge is 2.15. The number of carbonyl (C=O) groups is 3. The minimum atomic E-state index is -0.697. The SMILES string of the molecule is CCOC(=O)Cc1csc(NC(=O)COC(=O)c2cc(-c3ccccc3)n[nH]2)n1. The van der Waals surface area contributed by atoms with E-state index < -0.39 is 18.5 Å². The Morgan fingerprint density at radius 1 is 1.17 bits per heavy atom. The third-order valence-corrected chi connectivity index (χ3v) is 4.44. The Labute approximate surface area is 170 Å². The molecule has 0 radical (unpaired) electrons. The predicted molar refractivity (Wildman–Crippen MR) is 105 cm³/mol. The van der Waals surface area contributed by atoms with Gasteiger partial charge in [0.05, 0.1) is 24.4 Å². The number of carbonyl (C=O) groups excluding carboxylic acids is 3. The van der Waals surface area contributed by atoms with Gasteiger partial charge in [0.1, 0.15) is 5.69 Å². The number of benzene rings is 1. The van der Waals surface area contributed by atoms with E-state index in [9.17, 15) is 14.4 Å². The van der Waals surface area contributed by atoms with Gasteiger partial charge in [0, 0.05) is 10.9 Å². The van der Waals surface area contributed by atoms with E-state index in [1.54, 1.807) is 18.4 Å². The van der Waals surface area contributed by atoms with Crippen LogP contribution in [0.2, 0.25) is 0 Å². The van der Waals surface area contributed by atoms with Crippen molar-refractivity contribution in [2.45, 2.75) is 13.3 Å². The van der Waals surface area contributed by atoms with Crippen LogP contribution in [0.25, 0.3) is 11.3 Å². The van der Waals surface area contributed by atoms with Gasteiger partial charge in [-0.3, -0.25) is 20.0 Å². The second-order valence-electron chi connectivity index (χ2n) is 5.78. The molecule has 150 valence electrons. The van der Waals surface area contributed by atoms with E-state index in [-0.39, 0.29) is 18.1 Å². The van der Waals surface area contributed by atoms with Crippen molar-refractivity contribution in [1.29, 1.82) is 0 Å². The van der Waals surface area contributed by atoms with Crippen molar-refractivity contribution in [2.75, 3.05) is 18.5 Å². The highest BCUT2D eigenvalue weighted by molar-refractivity contribution is 7.13. The molecule has 3 aromatic rings. The monoisotopic (exact) mass is 414 g/mol. The summed E-state index contributed by atoms with van der Waals surface area (Å²) in [7, 11) is 0. The maximum absolute atomic E-state index is 12.1. The maximum Gasteiger partial charge on any atom is 0.356 e. The average molecular weight is 414 g/mol. The van der Waals surface area contributed by atoms with Crippen LogP contribution in [0.3, 0.4) is 0 Å². The molecule has 0 aliphatic heterocycles. The first-order valence-electron chi connectivity index (χ1n) is 8.73. The van der Waals surface area contributed by atoms with Crippen LogP contribution in [0, 0.1) is 0 Å². The van der Waals surface area contributed by atoms with E-state index in [1.807, 2.05) is 30.3 Å². The van der Waals surface area contributed by atoms with Crippen LogP contribution in [0.5, 0.6) is 0 Å². The van der Waals surface area contributed by atoms with Crippen LogP contribution in [0.1, 0.15) is 23.1 Å². The topological polar surface area (TPSA) is 123 Å². The summed E-state index contributed by atoms with van der Waals surface area (Å²) in [6.07, 6.45) is 0.0266. The minimum Gasteiger partial charge on any atom is -0.466 e. The molecule has 0 bridgehead atoms. The molecule has 0 unspecified atom stereocenters. The molecule has 10 heteroatoms. The maximum atomic E-state index is 12.1. The molecule has 2 aromatic heterocycles. The summed E-state index contributed by atoms with van der Waals surface area (Å²) >= 11 is 1.16. The molecule has 1 aromatic carbocycles. The second-order valence-corrected chi connectivity index (χ2v) is 6.64. The van der Waals surface area contributed by atoms with Gasteiger partial charge in [0.25, 0.3) is 5.91 Å². The highest BCUT2D eigenvalue weighted by atomic mass is 32.1. The Kier molecular flexibility index (Phi) is 6.69. The third kappa shape index (κ3) is 5.72. The van der Waals surface area contributed by atoms with Gasteiger partial charge < -0.3 is 9.47 Å². The Balaban J connectivity index is 1.48. The van der Waals surface area contributed by atoms with E-state index in [1.165, 1.54) is 0 Å². The van der Waals surface area contributed by atoms with Gasteiger partial charge in [-0.1, -0.05) is 30.3 Å². The van der Waals surface area contributed by atoms with Gasteiger partial charge in [-0.05, 0) is 13.0 Å². The highest BCUT2D eigenvalue weighted by Crippen LogP contribution is 2.18. The minimum absolute atomic E-state index is 0.0266. The van der Waals surface area contributed by atoms with Gasteiger partial charge in [-0.25, -0.2) is 9.78 Å². The Morgan fingerprint density at radius 3 is 2.72 bits per heavy atom. The predicted octanol–water partition coefficient (Wildman–Crippen LogP) is 2.43. The lowest BCUT2D eigenvalue weighted by atomic mass is 10.1. The summed E-state index contributed by atoms with van der Waals surface area (Å²) < 4.78 is 9.84. The standard InChI is InChI=1S/C19H18N4O5S/c1-2-27-17(25)8-13-11-29-19(20-13)21-16(24)10-28-18(26)15-9-14(22-23-15)12-6-4-3-5-7-12/h3-7,9,11H,2,8,10H2,1H3,(H,22,23)(H,20,21,24). The third-order valence-electron chi connectivity index (χ3n) is 3.63. The summed E-state index contributed by atoms with van der Waals surface area (Å²) in [4.78, 5) is 39.6. The van der Waals surface area contributed by atoms with Crippen molar-refractivity contribution in [3.63, 3.8) is 0 Å². The molecule has 29 heavy (non-hydrogen) atoms. The van der Waals surface area contributed by atoms with Crippen molar-refractivity contribution in [1.82, 2.24) is 15.2 Å². The van der Waals surface area contributed by atoms with Crippen LogP contribution in [-0.4, -0.2) is 46.2 Å². The number of H-pyrrole nitrogens is 1. The molecule has 0 spiro atoms.